The smallest absolute Gasteiger partial charge is 0.252 e. The molecule has 4 heterocycles. The van der Waals surface area contributed by atoms with E-state index in [-0.39, 0.29) is 12.1 Å². The van der Waals surface area contributed by atoms with Crippen molar-refractivity contribution in [3.05, 3.63) is 309 Å². The van der Waals surface area contributed by atoms with Crippen LogP contribution < -0.4 is 26.2 Å². The number of para-hydroxylation sites is 2. The second-order valence-corrected chi connectivity index (χ2v) is 24.4. The van der Waals surface area contributed by atoms with Crippen LogP contribution in [0.2, 0.25) is 0 Å². The van der Waals surface area contributed by atoms with E-state index in [0.29, 0.717) is 0 Å². The lowest BCUT2D eigenvalue weighted by Crippen LogP contribution is -2.61. The van der Waals surface area contributed by atoms with Crippen molar-refractivity contribution in [2.75, 3.05) is 9.80 Å². The molecule has 0 saturated heterocycles. The van der Waals surface area contributed by atoms with Gasteiger partial charge in [-0.2, -0.15) is 0 Å². The third kappa shape index (κ3) is 8.07. The summed E-state index contributed by atoms with van der Waals surface area (Å²) < 4.78 is 4.93. The second-order valence-electron chi connectivity index (χ2n) is 24.4. The number of aromatic nitrogens is 2. The molecule has 13 aromatic carbocycles. The lowest BCUT2D eigenvalue weighted by molar-refractivity contribution is 0.590. The third-order valence-electron chi connectivity index (χ3n) is 18.4. The van der Waals surface area contributed by atoms with E-state index in [2.05, 4.69) is 343 Å². The van der Waals surface area contributed by atoms with E-state index in [0.717, 1.165) is 44.8 Å². The summed E-state index contributed by atoms with van der Waals surface area (Å²) in [5.41, 5.74) is 28.2. The highest BCUT2D eigenvalue weighted by Crippen LogP contribution is 2.52. The quantitative estimate of drug-likeness (QED) is 0.141. The average Bonchev–Trinajstić information content (AvgIpc) is 1.93. The highest BCUT2D eigenvalue weighted by molar-refractivity contribution is 7.00. The van der Waals surface area contributed by atoms with Crippen LogP contribution in [0.25, 0.3) is 99.5 Å². The van der Waals surface area contributed by atoms with Crippen LogP contribution in [0.4, 0.5) is 34.1 Å². The minimum absolute atomic E-state index is 0.155. The third-order valence-corrected chi connectivity index (χ3v) is 18.4. The zero-order valence-electron chi connectivity index (χ0n) is 48.7. The number of rotatable bonds is 8. The number of hydrogen-bond donors (Lipinski definition) is 0. The molecule has 0 unspecified atom stereocenters. The average molecular weight is 1110 g/mol. The van der Waals surface area contributed by atoms with Crippen LogP contribution in [0.3, 0.4) is 0 Å². The van der Waals surface area contributed by atoms with E-state index in [1.165, 1.54) is 111 Å². The highest BCUT2D eigenvalue weighted by Gasteiger charge is 2.45. The van der Waals surface area contributed by atoms with Crippen LogP contribution in [0.1, 0.15) is 26.3 Å². The van der Waals surface area contributed by atoms with Gasteiger partial charge >= 0.3 is 0 Å². The maximum Gasteiger partial charge on any atom is 0.252 e. The van der Waals surface area contributed by atoms with Crippen LogP contribution in [0.15, 0.2) is 303 Å². The van der Waals surface area contributed by atoms with Gasteiger partial charge in [0.05, 0.1) is 33.4 Å². The Labute approximate surface area is 507 Å². The zero-order valence-corrected chi connectivity index (χ0v) is 48.7. The molecule has 2 aromatic heterocycles. The number of anilines is 6. The van der Waals surface area contributed by atoms with Crippen molar-refractivity contribution in [3.63, 3.8) is 0 Å². The molecule has 4 nitrogen and oxygen atoms in total. The molecule has 87 heavy (non-hydrogen) atoms. The normalized spacial score (nSPS) is 12.7. The van der Waals surface area contributed by atoms with Crippen LogP contribution in [0, 0.1) is 0 Å². The van der Waals surface area contributed by atoms with E-state index in [1.54, 1.807) is 0 Å². The first-order valence-corrected chi connectivity index (χ1v) is 30.4. The van der Waals surface area contributed by atoms with Gasteiger partial charge in [0.15, 0.2) is 0 Å². The minimum atomic E-state index is -0.243. The fraction of sp³-hybridized carbons (Fsp3) is 0.0488. The van der Waals surface area contributed by atoms with E-state index >= 15 is 0 Å². The summed E-state index contributed by atoms with van der Waals surface area (Å²) in [4.78, 5) is 5.30. The first-order valence-electron chi connectivity index (χ1n) is 30.4. The van der Waals surface area contributed by atoms with Crippen molar-refractivity contribution >= 4 is 101 Å². The molecule has 5 heteroatoms. The van der Waals surface area contributed by atoms with Gasteiger partial charge in [0, 0.05) is 55.7 Å². The van der Waals surface area contributed by atoms with Crippen molar-refractivity contribution in [2.24, 2.45) is 0 Å². The number of hydrogen-bond acceptors (Lipinski definition) is 2. The lowest BCUT2D eigenvalue weighted by atomic mass is 9.33. The first-order chi connectivity index (χ1) is 42.8. The van der Waals surface area contributed by atoms with Crippen molar-refractivity contribution in [1.82, 2.24) is 9.13 Å². The highest BCUT2D eigenvalue weighted by atomic mass is 15.2. The second kappa shape index (κ2) is 19.9. The van der Waals surface area contributed by atoms with Crippen molar-refractivity contribution in [3.8, 4) is 55.9 Å². The Morgan fingerprint density at radius 3 is 0.977 bits per heavy atom. The maximum absolute atomic E-state index is 2.65. The maximum atomic E-state index is 2.65. The van der Waals surface area contributed by atoms with Gasteiger partial charge in [0.2, 0.25) is 0 Å². The molecule has 17 rings (SSSR count). The molecule has 0 bridgehead atoms. The molecule has 15 aromatic rings. The molecular weight excluding hydrogens is 1050 g/mol. The van der Waals surface area contributed by atoms with E-state index in [4.69, 9.17) is 0 Å². The number of nitrogens with zero attached hydrogens (tertiary/aromatic N) is 4. The van der Waals surface area contributed by atoms with Gasteiger partial charge in [-0.05, 0) is 169 Å². The Morgan fingerprint density at radius 2 is 0.609 bits per heavy atom. The largest absolute Gasteiger partial charge is 0.311 e. The van der Waals surface area contributed by atoms with Gasteiger partial charge in [-0.1, -0.05) is 227 Å². The van der Waals surface area contributed by atoms with E-state index < -0.39 is 0 Å². The fourth-order valence-corrected chi connectivity index (χ4v) is 14.4. The van der Waals surface area contributed by atoms with Crippen molar-refractivity contribution in [1.29, 1.82) is 0 Å². The van der Waals surface area contributed by atoms with Gasteiger partial charge < -0.3 is 18.9 Å². The summed E-state index contributed by atoms with van der Waals surface area (Å²) in [6, 6.07) is 113. The van der Waals surface area contributed by atoms with E-state index in [1.807, 2.05) is 0 Å². The van der Waals surface area contributed by atoms with E-state index in [9.17, 15) is 0 Å². The zero-order chi connectivity index (χ0) is 57.9. The predicted molar refractivity (Wildman–Crippen MR) is 370 cm³/mol. The molecule has 0 amide bonds. The van der Waals surface area contributed by atoms with Gasteiger partial charge in [-0.15, -0.1) is 0 Å². The SMILES string of the molecule is CC(C)(C)c1cc2c3c(c1)N(c1cccc4c1c1cc(-c5ccccc5)ccc1n4-c1ccccc1)c1ccc(-c4ccccc4)cc1B3c1cc(-c3ccccc3)ccc1N2c1cccc2c1c1cc(-c3ccccc3)ccc1n2-c1ccccc1. The first kappa shape index (κ1) is 50.6. The van der Waals surface area contributed by atoms with Crippen LogP contribution in [-0.4, -0.2) is 15.8 Å². The van der Waals surface area contributed by atoms with Gasteiger partial charge in [0.1, 0.15) is 0 Å². The van der Waals surface area contributed by atoms with Crippen LogP contribution in [-0.2, 0) is 5.41 Å². The van der Waals surface area contributed by atoms with Crippen molar-refractivity contribution in [2.45, 2.75) is 26.2 Å². The summed E-state index contributed by atoms with van der Waals surface area (Å²) in [5, 5.41) is 4.81. The molecule has 0 atom stereocenters. The summed E-state index contributed by atoms with van der Waals surface area (Å²) in [7, 11) is 0. The summed E-state index contributed by atoms with van der Waals surface area (Å²) in [6.07, 6.45) is 0. The Kier molecular flexibility index (Phi) is 11.6. The number of fused-ring (bicyclic) bond motifs is 10. The summed E-state index contributed by atoms with van der Waals surface area (Å²) in [6.45, 7) is 6.96. The van der Waals surface area contributed by atoms with Crippen molar-refractivity contribution < 1.29 is 0 Å². The molecule has 0 spiro atoms. The molecule has 0 aliphatic carbocycles. The Hall–Kier alpha value is -10.9. The minimum Gasteiger partial charge on any atom is -0.311 e. The standard InChI is InChI=1S/C82H59BN4/c1-82(2,3)62-52-77-81-78(53-62)87(76-39-23-37-74-80(76)66-49-59(55-26-12-5-13-27-55)41-45-70(66)85(74)64-34-20-9-21-35-64)72-47-43-61(57-30-16-7-17-31-57)51-68(72)83(81)67-50-60(56-28-14-6-15-29-56)42-46-71(67)86(77)75-38-22-36-73-79(75)65-48-58(54-24-10-4-11-25-54)40-44-69(65)84(73)63-32-18-8-19-33-63/h4-53H,1-3H3. The molecule has 0 N–H and O–H groups in total. The molecule has 410 valence electrons. The predicted octanol–water partition coefficient (Wildman–Crippen LogP) is 19.9. The Balaban J connectivity index is 1.02. The van der Waals surface area contributed by atoms with Gasteiger partial charge in [-0.25, -0.2) is 0 Å². The van der Waals surface area contributed by atoms with Crippen LogP contribution in [0.5, 0.6) is 0 Å². The molecule has 2 aliphatic heterocycles. The molecule has 0 radical (unpaired) electrons. The van der Waals surface area contributed by atoms with Gasteiger partial charge in [-0.3, -0.25) is 0 Å². The summed E-state index contributed by atoms with van der Waals surface area (Å²) >= 11 is 0. The fourth-order valence-electron chi connectivity index (χ4n) is 14.4. The van der Waals surface area contributed by atoms with Crippen LogP contribution >= 0.6 is 0 Å². The molecule has 2 aliphatic rings. The Morgan fingerprint density at radius 1 is 0.264 bits per heavy atom. The molecule has 0 saturated carbocycles. The number of benzene rings is 13. The molecule has 0 fully saturated rings. The molecular formula is C82H59BN4. The topological polar surface area (TPSA) is 16.3 Å². The lowest BCUT2D eigenvalue weighted by Gasteiger charge is -2.45. The summed E-state index contributed by atoms with van der Waals surface area (Å²) in [5.74, 6) is 0. The van der Waals surface area contributed by atoms with Gasteiger partial charge in [0.25, 0.3) is 6.71 Å². The monoisotopic (exact) mass is 1110 g/mol. The Bertz CT molecular complexity index is 4860.